The lowest BCUT2D eigenvalue weighted by atomic mass is 10.2. The Hall–Kier alpha value is -1.84. The number of nitrogens with one attached hydrogen (secondary N) is 2. The van der Waals surface area contributed by atoms with Gasteiger partial charge in [-0.1, -0.05) is 0 Å². The Kier molecular flexibility index (Phi) is 8.53. The van der Waals surface area contributed by atoms with Crippen molar-refractivity contribution in [3.05, 3.63) is 40.8 Å². The number of pyridine rings is 1. The molecule has 0 saturated heterocycles. The highest BCUT2D eigenvalue weighted by atomic mass is 127. The molecule has 0 radical (unpaired) electrons. The minimum atomic E-state index is 0. The number of halogens is 1. The highest BCUT2D eigenvalue weighted by Crippen LogP contribution is 2.23. The summed E-state index contributed by atoms with van der Waals surface area (Å²) in [4.78, 5) is 8.65. The van der Waals surface area contributed by atoms with Gasteiger partial charge >= 0.3 is 0 Å². The molecule has 1 fully saturated rings. The average Bonchev–Trinajstić information content (AvgIpc) is 3.25. The van der Waals surface area contributed by atoms with Gasteiger partial charge in [0.1, 0.15) is 6.10 Å². The normalized spacial score (nSPS) is 14.6. The summed E-state index contributed by atoms with van der Waals surface area (Å²) in [7, 11) is 3.74. The van der Waals surface area contributed by atoms with Gasteiger partial charge in [0.25, 0.3) is 0 Å². The minimum Gasteiger partial charge on any atom is -0.474 e. The van der Waals surface area contributed by atoms with Crippen molar-refractivity contribution in [3.8, 4) is 5.88 Å². The second kappa shape index (κ2) is 10.6. The van der Waals surface area contributed by atoms with Crippen molar-refractivity contribution in [2.75, 3.05) is 7.05 Å². The van der Waals surface area contributed by atoms with Gasteiger partial charge in [0.05, 0.1) is 5.69 Å². The van der Waals surface area contributed by atoms with Crippen LogP contribution in [0, 0.1) is 13.8 Å². The molecule has 0 bridgehead atoms. The second-order valence-corrected chi connectivity index (χ2v) is 7.08. The average molecular weight is 498 g/mol. The molecule has 2 heterocycles. The maximum atomic E-state index is 5.99. The fraction of sp³-hybridized carbons (Fsp3) is 0.550. The molecule has 0 aliphatic heterocycles. The number of hydrogen-bond acceptors (Lipinski definition) is 4. The first-order chi connectivity index (χ1) is 13.1. The van der Waals surface area contributed by atoms with Crippen LogP contribution in [0.2, 0.25) is 0 Å². The highest BCUT2D eigenvalue weighted by molar-refractivity contribution is 14.0. The van der Waals surface area contributed by atoms with Crippen molar-refractivity contribution < 1.29 is 4.74 Å². The fourth-order valence-electron chi connectivity index (χ4n) is 3.45. The molecule has 2 N–H and O–H groups in total. The Morgan fingerprint density at radius 3 is 2.61 bits per heavy atom. The fourth-order valence-corrected chi connectivity index (χ4v) is 3.45. The van der Waals surface area contributed by atoms with E-state index in [0.717, 1.165) is 30.1 Å². The van der Waals surface area contributed by atoms with Crippen LogP contribution in [0.1, 0.15) is 48.2 Å². The maximum absolute atomic E-state index is 5.99. The van der Waals surface area contributed by atoms with E-state index in [-0.39, 0.29) is 24.0 Å². The predicted molar refractivity (Wildman–Crippen MR) is 122 cm³/mol. The molecular formula is C20H31IN6O. The number of aryl methyl sites for hydroxylation is 2. The molecule has 0 atom stereocenters. The molecule has 154 valence electrons. The Balaban J connectivity index is 0.00000280. The zero-order chi connectivity index (χ0) is 19.2. The molecule has 3 rings (SSSR count). The van der Waals surface area contributed by atoms with Crippen molar-refractivity contribution in [1.82, 2.24) is 25.4 Å². The van der Waals surface area contributed by atoms with Gasteiger partial charge < -0.3 is 15.4 Å². The summed E-state index contributed by atoms with van der Waals surface area (Å²) in [6.07, 6.45) is 6.90. The van der Waals surface area contributed by atoms with Crippen LogP contribution in [-0.2, 0) is 20.1 Å². The number of aromatic nitrogens is 3. The SMILES string of the molecule is CN=C(NCc1ccnc(OC2CCCC2)c1)NCc1c(C)nn(C)c1C.I. The third kappa shape index (κ3) is 5.83. The van der Waals surface area contributed by atoms with Crippen molar-refractivity contribution >= 4 is 29.9 Å². The first-order valence-electron chi connectivity index (χ1n) is 9.62. The zero-order valence-electron chi connectivity index (χ0n) is 17.2. The van der Waals surface area contributed by atoms with Crippen LogP contribution in [0.3, 0.4) is 0 Å². The van der Waals surface area contributed by atoms with Gasteiger partial charge in [-0.25, -0.2) is 4.98 Å². The minimum absolute atomic E-state index is 0. The first-order valence-corrected chi connectivity index (χ1v) is 9.62. The lowest BCUT2D eigenvalue weighted by Crippen LogP contribution is -2.36. The number of hydrogen-bond donors (Lipinski definition) is 2. The van der Waals surface area contributed by atoms with Gasteiger partial charge in [-0.3, -0.25) is 9.67 Å². The van der Waals surface area contributed by atoms with Crippen LogP contribution >= 0.6 is 24.0 Å². The largest absolute Gasteiger partial charge is 0.474 e. The van der Waals surface area contributed by atoms with E-state index in [1.165, 1.54) is 24.1 Å². The van der Waals surface area contributed by atoms with E-state index in [9.17, 15) is 0 Å². The lowest BCUT2D eigenvalue weighted by molar-refractivity contribution is 0.201. The van der Waals surface area contributed by atoms with Gasteiger partial charge in [-0.15, -0.1) is 24.0 Å². The quantitative estimate of drug-likeness (QED) is 0.364. The van der Waals surface area contributed by atoms with E-state index in [0.29, 0.717) is 25.1 Å². The summed E-state index contributed by atoms with van der Waals surface area (Å²) >= 11 is 0. The molecule has 1 aliphatic carbocycles. The van der Waals surface area contributed by atoms with Crippen molar-refractivity contribution in [1.29, 1.82) is 0 Å². The van der Waals surface area contributed by atoms with Crippen molar-refractivity contribution in [2.24, 2.45) is 12.0 Å². The summed E-state index contributed by atoms with van der Waals surface area (Å²) in [6.45, 7) is 5.46. The van der Waals surface area contributed by atoms with E-state index in [2.05, 4.69) is 32.6 Å². The standard InChI is InChI=1S/C20H30N6O.HI/c1-14-18(15(2)26(4)25-14)13-24-20(21-3)23-12-16-9-10-22-19(11-16)27-17-7-5-6-8-17;/h9-11,17H,5-8,12-13H2,1-4H3,(H2,21,23,24);1H. The van der Waals surface area contributed by atoms with Crippen LogP contribution in [-0.4, -0.2) is 33.9 Å². The maximum Gasteiger partial charge on any atom is 0.213 e. The number of nitrogens with zero attached hydrogens (tertiary/aromatic N) is 4. The monoisotopic (exact) mass is 498 g/mol. The summed E-state index contributed by atoms with van der Waals surface area (Å²) in [5.41, 5.74) is 4.53. The molecule has 0 unspecified atom stereocenters. The molecule has 8 heteroatoms. The molecule has 7 nitrogen and oxygen atoms in total. The molecule has 1 aliphatic rings. The van der Waals surface area contributed by atoms with E-state index in [4.69, 9.17) is 4.74 Å². The summed E-state index contributed by atoms with van der Waals surface area (Å²) in [5.74, 6) is 1.47. The second-order valence-electron chi connectivity index (χ2n) is 7.08. The molecule has 2 aromatic rings. The van der Waals surface area contributed by atoms with Gasteiger partial charge in [0.2, 0.25) is 5.88 Å². The van der Waals surface area contributed by atoms with Crippen molar-refractivity contribution in [3.63, 3.8) is 0 Å². The summed E-state index contributed by atoms with van der Waals surface area (Å²) < 4.78 is 7.90. The molecule has 28 heavy (non-hydrogen) atoms. The van der Waals surface area contributed by atoms with Gasteiger partial charge in [-0.2, -0.15) is 5.10 Å². The molecule has 2 aromatic heterocycles. The van der Waals surface area contributed by atoms with Crippen LogP contribution in [0.4, 0.5) is 0 Å². The number of guanidine groups is 1. The first kappa shape index (κ1) is 22.4. The van der Waals surface area contributed by atoms with Crippen molar-refractivity contribution in [2.45, 2.75) is 58.7 Å². The number of aliphatic imine (C=N–C) groups is 1. The summed E-state index contributed by atoms with van der Waals surface area (Å²) in [6, 6.07) is 4.01. The van der Waals surface area contributed by atoms with Crippen LogP contribution in [0.5, 0.6) is 5.88 Å². The Labute approximate surface area is 184 Å². The predicted octanol–water partition coefficient (Wildman–Crippen LogP) is 3.24. The van der Waals surface area contributed by atoms with Crippen LogP contribution in [0.15, 0.2) is 23.3 Å². The Morgan fingerprint density at radius 1 is 1.25 bits per heavy atom. The molecule has 0 spiro atoms. The van der Waals surface area contributed by atoms with Gasteiger partial charge in [-0.05, 0) is 51.2 Å². The number of ether oxygens (including phenoxy) is 1. The Morgan fingerprint density at radius 2 is 1.96 bits per heavy atom. The van der Waals surface area contributed by atoms with E-state index in [1.54, 1.807) is 13.2 Å². The van der Waals surface area contributed by atoms with Gasteiger partial charge in [0.15, 0.2) is 5.96 Å². The van der Waals surface area contributed by atoms with E-state index in [1.807, 2.05) is 30.8 Å². The zero-order valence-corrected chi connectivity index (χ0v) is 19.5. The van der Waals surface area contributed by atoms with Crippen LogP contribution < -0.4 is 15.4 Å². The third-order valence-electron chi connectivity index (χ3n) is 5.16. The van der Waals surface area contributed by atoms with Gasteiger partial charge in [0, 0.05) is 50.7 Å². The molecule has 0 amide bonds. The molecular weight excluding hydrogens is 467 g/mol. The van der Waals surface area contributed by atoms with E-state index < -0.39 is 0 Å². The smallest absolute Gasteiger partial charge is 0.213 e. The summed E-state index contributed by atoms with van der Waals surface area (Å²) in [5, 5.41) is 11.2. The number of rotatable bonds is 6. The third-order valence-corrected chi connectivity index (χ3v) is 5.16. The topological polar surface area (TPSA) is 76.4 Å². The van der Waals surface area contributed by atoms with Crippen LogP contribution in [0.25, 0.3) is 0 Å². The highest BCUT2D eigenvalue weighted by Gasteiger charge is 2.17. The Bertz CT molecular complexity index is 798. The molecule has 1 saturated carbocycles. The van der Waals surface area contributed by atoms with E-state index >= 15 is 0 Å². The lowest BCUT2D eigenvalue weighted by Gasteiger charge is -2.14. The molecule has 0 aromatic carbocycles.